The van der Waals surface area contributed by atoms with Crippen molar-refractivity contribution in [1.29, 1.82) is 0 Å². The van der Waals surface area contributed by atoms with Gasteiger partial charge in [-0.05, 0) is 44.6 Å². The number of aliphatic hydroxyl groups is 1. The molecule has 0 spiro atoms. The van der Waals surface area contributed by atoms with Crippen LogP contribution in [-0.4, -0.2) is 41.2 Å². The molecule has 0 aromatic heterocycles. The number of nitrogens with zero attached hydrogens (tertiary/aromatic N) is 1. The molecule has 0 aromatic rings. The maximum atomic E-state index is 12.1. The lowest BCUT2D eigenvalue weighted by atomic mass is 10.0. The number of hydrogen-bond donors (Lipinski definition) is 1. The maximum Gasteiger partial charge on any atom is 0.143 e. The van der Waals surface area contributed by atoms with Crippen LogP contribution in [0.3, 0.4) is 0 Å². The first-order valence-corrected chi connectivity index (χ1v) is 11.4. The summed E-state index contributed by atoms with van der Waals surface area (Å²) in [5, 5.41) is 22.7. The largest absolute Gasteiger partial charge is 0.544 e. The molecule has 0 aromatic carbocycles. The number of unbranched alkanes of at least 4 members (excludes halogenated alkanes) is 7. The molecular weight excluding hydrogens is 338 g/mol. The molecule has 1 unspecified atom stereocenters. The Morgan fingerprint density at radius 1 is 0.889 bits per heavy atom. The zero-order chi connectivity index (χ0) is 20.5. The fourth-order valence-electron chi connectivity index (χ4n) is 3.98. The van der Waals surface area contributed by atoms with E-state index in [1.165, 1.54) is 0 Å². The van der Waals surface area contributed by atoms with Crippen molar-refractivity contribution < 1.29 is 19.5 Å². The van der Waals surface area contributed by atoms with Crippen LogP contribution in [0.2, 0.25) is 0 Å². The molecule has 27 heavy (non-hydrogen) atoms. The second kappa shape index (κ2) is 16.0. The van der Waals surface area contributed by atoms with Crippen molar-refractivity contribution in [3.63, 3.8) is 0 Å². The molecule has 4 heteroatoms. The molecular formula is C23H45NO3. The molecule has 0 aliphatic rings. The van der Waals surface area contributed by atoms with Crippen LogP contribution in [0.25, 0.3) is 0 Å². The molecule has 0 rings (SSSR count). The third-order valence-electron chi connectivity index (χ3n) is 5.57. The van der Waals surface area contributed by atoms with Crippen LogP contribution in [-0.2, 0) is 4.79 Å². The van der Waals surface area contributed by atoms with Crippen LogP contribution >= 0.6 is 0 Å². The number of quaternary nitrogens is 1. The first kappa shape index (κ1) is 26.0. The summed E-state index contributed by atoms with van der Waals surface area (Å²) in [6, 6.07) is -0.532. The average Bonchev–Trinajstić information content (AvgIpc) is 2.63. The van der Waals surface area contributed by atoms with E-state index in [4.69, 9.17) is 0 Å². The number of carboxylic acid groups (broad SMARTS) is 1. The molecule has 160 valence electrons. The van der Waals surface area contributed by atoms with Crippen molar-refractivity contribution >= 4 is 5.97 Å². The van der Waals surface area contributed by atoms with Crippen LogP contribution in [0.5, 0.6) is 0 Å². The second-order valence-electron chi connectivity index (χ2n) is 8.05. The standard InChI is InChI=1S/C23H45NO3/c1-5-9-12-13-17-21(25)20-24(18-14-10-6-2,19-15-11-7-3)22(16-8-4)23(26)27/h17,22H,5-16,18-20H2,1-4H3,(H-,25,26,27)/b21-17-. The molecule has 1 N–H and O–H groups in total. The summed E-state index contributed by atoms with van der Waals surface area (Å²) in [5.41, 5.74) is 0. The van der Waals surface area contributed by atoms with E-state index in [1.807, 2.05) is 13.0 Å². The zero-order valence-corrected chi connectivity index (χ0v) is 18.5. The molecule has 1 atom stereocenters. The number of aliphatic hydroxyl groups excluding tert-OH is 1. The van der Waals surface area contributed by atoms with Gasteiger partial charge in [-0.1, -0.05) is 59.8 Å². The highest BCUT2D eigenvalue weighted by molar-refractivity contribution is 5.69. The average molecular weight is 384 g/mol. The summed E-state index contributed by atoms with van der Waals surface area (Å²) >= 11 is 0. The smallest absolute Gasteiger partial charge is 0.143 e. The monoisotopic (exact) mass is 383 g/mol. The third kappa shape index (κ3) is 10.8. The van der Waals surface area contributed by atoms with Crippen LogP contribution in [0.15, 0.2) is 11.8 Å². The molecule has 0 saturated carbocycles. The van der Waals surface area contributed by atoms with Gasteiger partial charge in [-0.15, -0.1) is 0 Å². The minimum Gasteiger partial charge on any atom is -0.544 e. The summed E-state index contributed by atoms with van der Waals surface area (Å²) in [6.45, 7) is 10.6. The van der Waals surface area contributed by atoms with Crippen LogP contribution in [0.4, 0.5) is 0 Å². The summed E-state index contributed by atoms with van der Waals surface area (Å²) < 4.78 is 0.451. The summed E-state index contributed by atoms with van der Waals surface area (Å²) in [7, 11) is 0. The Hall–Kier alpha value is -1.03. The lowest BCUT2D eigenvalue weighted by molar-refractivity contribution is -0.942. The summed E-state index contributed by atoms with van der Waals surface area (Å²) in [5.74, 6) is -0.593. The van der Waals surface area contributed by atoms with Gasteiger partial charge >= 0.3 is 0 Å². The third-order valence-corrected chi connectivity index (χ3v) is 5.57. The molecule has 0 radical (unpaired) electrons. The molecule has 0 heterocycles. The number of rotatable bonds is 18. The number of hydrogen-bond acceptors (Lipinski definition) is 3. The van der Waals surface area contributed by atoms with E-state index < -0.39 is 12.0 Å². The van der Waals surface area contributed by atoms with E-state index in [0.29, 0.717) is 23.2 Å². The SMILES string of the molecule is CCCCC/C=C(\O)C[N+](CCCCC)(CCCCC)C(CCC)C(=O)[O-]. The Labute approximate surface area is 168 Å². The number of allylic oxidation sites excluding steroid dienone is 1. The highest BCUT2D eigenvalue weighted by Crippen LogP contribution is 2.24. The van der Waals surface area contributed by atoms with E-state index >= 15 is 0 Å². The zero-order valence-electron chi connectivity index (χ0n) is 18.5. The Morgan fingerprint density at radius 3 is 1.85 bits per heavy atom. The normalized spacial score (nSPS) is 13.7. The fourth-order valence-corrected chi connectivity index (χ4v) is 3.98. The van der Waals surface area contributed by atoms with Gasteiger partial charge in [0.2, 0.25) is 0 Å². The van der Waals surface area contributed by atoms with E-state index in [0.717, 1.165) is 83.7 Å². The van der Waals surface area contributed by atoms with Gasteiger partial charge in [-0.2, -0.15) is 0 Å². The van der Waals surface area contributed by atoms with Crippen molar-refractivity contribution in [1.82, 2.24) is 0 Å². The predicted octanol–water partition coefficient (Wildman–Crippen LogP) is 5.12. The van der Waals surface area contributed by atoms with Gasteiger partial charge in [-0.25, -0.2) is 0 Å². The second-order valence-corrected chi connectivity index (χ2v) is 8.05. The highest BCUT2D eigenvalue weighted by atomic mass is 16.4. The molecule has 0 bridgehead atoms. The quantitative estimate of drug-likeness (QED) is 0.203. The Morgan fingerprint density at radius 2 is 1.41 bits per heavy atom. The highest BCUT2D eigenvalue weighted by Gasteiger charge is 2.37. The Bertz CT molecular complexity index is 396. The minimum absolute atomic E-state index is 0.362. The van der Waals surface area contributed by atoms with Crippen LogP contribution in [0, 0.1) is 0 Å². The fraction of sp³-hybridized carbons (Fsp3) is 0.870. The maximum absolute atomic E-state index is 12.1. The molecule has 0 fully saturated rings. The molecule has 0 aliphatic carbocycles. The van der Waals surface area contributed by atoms with E-state index in [2.05, 4.69) is 20.8 Å². The van der Waals surface area contributed by atoms with E-state index in [9.17, 15) is 15.0 Å². The topological polar surface area (TPSA) is 60.4 Å². The van der Waals surface area contributed by atoms with E-state index in [1.54, 1.807) is 0 Å². The van der Waals surface area contributed by atoms with Crippen molar-refractivity contribution in [2.75, 3.05) is 19.6 Å². The first-order chi connectivity index (χ1) is 13.0. The molecule has 0 aliphatic heterocycles. The molecule has 4 nitrogen and oxygen atoms in total. The van der Waals surface area contributed by atoms with Gasteiger partial charge in [-0.3, -0.25) is 0 Å². The first-order valence-electron chi connectivity index (χ1n) is 11.4. The van der Waals surface area contributed by atoms with Crippen LogP contribution < -0.4 is 5.11 Å². The number of aliphatic carboxylic acids is 1. The lowest BCUT2D eigenvalue weighted by Crippen LogP contribution is -2.63. The number of carboxylic acids is 1. The Kier molecular flexibility index (Phi) is 15.4. The minimum atomic E-state index is -0.955. The summed E-state index contributed by atoms with van der Waals surface area (Å²) in [6.07, 6.45) is 14.0. The molecule has 0 saturated heterocycles. The number of carbonyl (C=O) groups is 1. The van der Waals surface area contributed by atoms with Gasteiger partial charge in [0.05, 0.1) is 19.1 Å². The van der Waals surface area contributed by atoms with Gasteiger partial charge < -0.3 is 19.5 Å². The van der Waals surface area contributed by atoms with Gasteiger partial charge in [0.1, 0.15) is 18.3 Å². The lowest BCUT2D eigenvalue weighted by Gasteiger charge is -2.45. The van der Waals surface area contributed by atoms with Gasteiger partial charge in [0.25, 0.3) is 0 Å². The number of carbonyl (C=O) groups excluding carboxylic acids is 1. The Balaban J connectivity index is 5.52. The van der Waals surface area contributed by atoms with Crippen molar-refractivity contribution in [2.45, 2.75) is 111 Å². The van der Waals surface area contributed by atoms with Gasteiger partial charge in [0.15, 0.2) is 0 Å². The van der Waals surface area contributed by atoms with Crippen LogP contribution in [0.1, 0.15) is 105 Å². The van der Waals surface area contributed by atoms with E-state index in [-0.39, 0.29) is 0 Å². The predicted molar refractivity (Wildman–Crippen MR) is 112 cm³/mol. The van der Waals surface area contributed by atoms with Crippen molar-refractivity contribution in [3.8, 4) is 0 Å². The molecule has 0 amide bonds. The van der Waals surface area contributed by atoms with Crippen molar-refractivity contribution in [3.05, 3.63) is 11.8 Å². The summed E-state index contributed by atoms with van der Waals surface area (Å²) in [4.78, 5) is 12.1. The van der Waals surface area contributed by atoms with Crippen molar-refractivity contribution in [2.24, 2.45) is 0 Å². The van der Waals surface area contributed by atoms with Gasteiger partial charge in [0, 0.05) is 6.42 Å².